The highest BCUT2D eigenvalue weighted by Gasteiger charge is 2.14. The third-order valence-corrected chi connectivity index (χ3v) is 2.53. The number of aromatic nitrogens is 1. The summed E-state index contributed by atoms with van der Waals surface area (Å²) in [7, 11) is 1.59. The van der Waals surface area contributed by atoms with Gasteiger partial charge >= 0.3 is 6.09 Å². The summed E-state index contributed by atoms with van der Waals surface area (Å²) in [5.74, 6) is 0.608. The molecule has 0 aliphatic heterocycles. The van der Waals surface area contributed by atoms with Gasteiger partial charge in [0.25, 0.3) is 0 Å². The number of hydrogen-bond acceptors (Lipinski definition) is 5. The van der Waals surface area contributed by atoms with Crippen molar-refractivity contribution >= 4 is 6.09 Å². The molecule has 0 aromatic carbocycles. The molecular formula is C16H25N3O3. The van der Waals surface area contributed by atoms with Crippen molar-refractivity contribution in [2.24, 2.45) is 0 Å². The molecule has 0 fully saturated rings. The Morgan fingerprint density at radius 3 is 2.59 bits per heavy atom. The van der Waals surface area contributed by atoms with Crippen molar-refractivity contribution in [2.75, 3.05) is 20.2 Å². The molecule has 6 nitrogen and oxygen atoms in total. The van der Waals surface area contributed by atoms with Crippen molar-refractivity contribution in [1.29, 1.82) is 0 Å². The molecule has 1 aromatic rings. The molecule has 2 N–H and O–H groups in total. The number of pyridine rings is 1. The number of nitrogens with zero attached hydrogens (tertiary/aromatic N) is 1. The molecule has 22 heavy (non-hydrogen) atoms. The fourth-order valence-corrected chi connectivity index (χ4v) is 1.56. The maximum atomic E-state index is 11.4. The van der Waals surface area contributed by atoms with Gasteiger partial charge in [-0.1, -0.05) is 18.2 Å². The van der Waals surface area contributed by atoms with Crippen LogP contribution < -0.4 is 15.4 Å². The summed E-state index contributed by atoms with van der Waals surface area (Å²) in [6.45, 7) is 7.38. The van der Waals surface area contributed by atoms with E-state index in [-0.39, 0.29) is 0 Å². The zero-order chi connectivity index (χ0) is 16.4. The molecule has 6 heteroatoms. The molecule has 122 valence electrons. The van der Waals surface area contributed by atoms with Gasteiger partial charge in [0.1, 0.15) is 5.60 Å². The van der Waals surface area contributed by atoms with Gasteiger partial charge in [0, 0.05) is 31.9 Å². The average molecular weight is 307 g/mol. The lowest BCUT2D eigenvalue weighted by atomic mass is 10.2. The standard InChI is InChI=1S/C16H25N3O3/c1-16(2,3)22-15(20)18-10-6-5-9-17-11-13-7-8-14(21-4)19-12-13/h5-8,12,17H,9-11H2,1-4H3,(H,18,20)/b6-5+. The highest BCUT2D eigenvalue weighted by Crippen LogP contribution is 2.06. The number of carbonyl (C=O) groups is 1. The fraction of sp³-hybridized carbons (Fsp3) is 0.500. The first-order valence-electron chi connectivity index (χ1n) is 7.22. The number of methoxy groups -OCH3 is 1. The second-order valence-corrected chi connectivity index (χ2v) is 5.69. The Morgan fingerprint density at radius 1 is 1.27 bits per heavy atom. The first-order valence-corrected chi connectivity index (χ1v) is 7.22. The Balaban J connectivity index is 2.12. The molecule has 0 aliphatic carbocycles. The van der Waals surface area contributed by atoms with Crippen LogP contribution in [-0.2, 0) is 11.3 Å². The lowest BCUT2D eigenvalue weighted by molar-refractivity contribution is 0.0534. The minimum Gasteiger partial charge on any atom is -0.481 e. The van der Waals surface area contributed by atoms with E-state index in [0.717, 1.165) is 12.1 Å². The monoisotopic (exact) mass is 307 g/mol. The van der Waals surface area contributed by atoms with Crippen LogP contribution in [0.5, 0.6) is 5.88 Å². The number of amides is 1. The van der Waals surface area contributed by atoms with Crippen molar-refractivity contribution in [3.63, 3.8) is 0 Å². The predicted octanol–water partition coefficient (Wildman–Crippen LogP) is 2.26. The quantitative estimate of drug-likeness (QED) is 0.597. The Morgan fingerprint density at radius 2 is 2.00 bits per heavy atom. The van der Waals surface area contributed by atoms with E-state index in [9.17, 15) is 4.79 Å². The summed E-state index contributed by atoms with van der Waals surface area (Å²) >= 11 is 0. The fourth-order valence-electron chi connectivity index (χ4n) is 1.56. The highest BCUT2D eigenvalue weighted by molar-refractivity contribution is 5.67. The van der Waals surface area contributed by atoms with Gasteiger partial charge in [0.15, 0.2) is 0 Å². The normalized spacial score (nSPS) is 11.5. The van der Waals surface area contributed by atoms with Crippen LogP contribution in [-0.4, -0.2) is 36.9 Å². The molecule has 0 aliphatic rings. The van der Waals surface area contributed by atoms with Crippen molar-refractivity contribution in [1.82, 2.24) is 15.6 Å². The molecule has 0 bridgehead atoms. The molecule has 1 rings (SSSR count). The van der Waals surface area contributed by atoms with Crippen LogP contribution in [0, 0.1) is 0 Å². The van der Waals surface area contributed by atoms with E-state index in [4.69, 9.17) is 9.47 Å². The van der Waals surface area contributed by atoms with Crippen molar-refractivity contribution in [3.05, 3.63) is 36.0 Å². The van der Waals surface area contributed by atoms with E-state index in [1.165, 1.54) is 0 Å². The van der Waals surface area contributed by atoms with Gasteiger partial charge in [0.2, 0.25) is 5.88 Å². The number of rotatable bonds is 7. The Kier molecular flexibility index (Phi) is 7.39. The van der Waals surface area contributed by atoms with Crippen LogP contribution in [0.25, 0.3) is 0 Å². The van der Waals surface area contributed by atoms with Gasteiger partial charge in [0.05, 0.1) is 7.11 Å². The largest absolute Gasteiger partial charge is 0.481 e. The van der Waals surface area contributed by atoms with E-state index in [1.54, 1.807) is 13.3 Å². The molecule has 0 saturated heterocycles. The maximum absolute atomic E-state index is 11.4. The molecule has 1 heterocycles. The van der Waals surface area contributed by atoms with E-state index >= 15 is 0 Å². The molecule has 1 aromatic heterocycles. The number of nitrogens with one attached hydrogen (secondary N) is 2. The van der Waals surface area contributed by atoms with E-state index < -0.39 is 11.7 Å². The Bertz CT molecular complexity index is 478. The number of ether oxygens (including phenoxy) is 2. The minimum atomic E-state index is -0.470. The maximum Gasteiger partial charge on any atom is 0.407 e. The summed E-state index contributed by atoms with van der Waals surface area (Å²) in [6.07, 6.45) is 5.20. The third kappa shape index (κ3) is 8.26. The predicted molar refractivity (Wildman–Crippen MR) is 85.9 cm³/mol. The van der Waals surface area contributed by atoms with Crippen molar-refractivity contribution in [3.8, 4) is 5.88 Å². The number of hydrogen-bond donors (Lipinski definition) is 2. The summed E-state index contributed by atoms with van der Waals surface area (Å²) in [5.41, 5.74) is 0.614. The van der Waals surface area contributed by atoms with E-state index in [2.05, 4.69) is 15.6 Å². The molecule has 0 atom stereocenters. The summed E-state index contributed by atoms with van der Waals surface area (Å²) in [4.78, 5) is 15.5. The van der Waals surface area contributed by atoms with Crippen molar-refractivity contribution < 1.29 is 14.3 Å². The van der Waals surface area contributed by atoms with Crippen LogP contribution in [0.15, 0.2) is 30.5 Å². The second-order valence-electron chi connectivity index (χ2n) is 5.69. The molecule has 0 unspecified atom stereocenters. The first-order chi connectivity index (χ1) is 10.4. The molecule has 1 amide bonds. The SMILES string of the molecule is COc1ccc(CNC/C=C/CNC(=O)OC(C)(C)C)cn1. The van der Waals surface area contributed by atoms with Gasteiger partial charge in [-0.15, -0.1) is 0 Å². The second kappa shape index (κ2) is 9.04. The smallest absolute Gasteiger partial charge is 0.407 e. The first kappa shape index (κ1) is 18.0. The molecular weight excluding hydrogens is 282 g/mol. The summed E-state index contributed by atoms with van der Waals surface area (Å²) in [6, 6.07) is 3.80. The topological polar surface area (TPSA) is 72.5 Å². The van der Waals surface area contributed by atoms with Crippen LogP contribution in [0.1, 0.15) is 26.3 Å². The van der Waals surface area contributed by atoms with Gasteiger partial charge in [-0.05, 0) is 26.3 Å². The number of alkyl carbamates (subject to hydrolysis) is 1. The third-order valence-electron chi connectivity index (χ3n) is 2.53. The lowest BCUT2D eigenvalue weighted by Crippen LogP contribution is -2.32. The Labute approximate surface area is 131 Å². The lowest BCUT2D eigenvalue weighted by Gasteiger charge is -2.19. The molecule has 0 saturated carbocycles. The minimum absolute atomic E-state index is 0.408. The summed E-state index contributed by atoms with van der Waals surface area (Å²) in [5, 5.41) is 5.91. The van der Waals surface area contributed by atoms with Gasteiger partial charge < -0.3 is 20.1 Å². The van der Waals surface area contributed by atoms with Crippen LogP contribution in [0.4, 0.5) is 4.79 Å². The van der Waals surface area contributed by atoms with Crippen LogP contribution in [0.3, 0.4) is 0 Å². The summed E-state index contributed by atoms with van der Waals surface area (Å²) < 4.78 is 10.1. The van der Waals surface area contributed by atoms with Crippen molar-refractivity contribution in [2.45, 2.75) is 32.9 Å². The highest BCUT2D eigenvalue weighted by atomic mass is 16.6. The van der Waals surface area contributed by atoms with Gasteiger partial charge in [-0.25, -0.2) is 9.78 Å². The van der Waals surface area contributed by atoms with E-state index in [0.29, 0.717) is 19.0 Å². The Hall–Kier alpha value is -2.08. The average Bonchev–Trinajstić information content (AvgIpc) is 2.45. The number of carbonyl (C=O) groups excluding carboxylic acids is 1. The molecule has 0 radical (unpaired) electrons. The van der Waals surface area contributed by atoms with Crippen LogP contribution in [0.2, 0.25) is 0 Å². The molecule has 0 spiro atoms. The van der Waals surface area contributed by atoms with Crippen LogP contribution >= 0.6 is 0 Å². The zero-order valence-electron chi connectivity index (χ0n) is 13.7. The zero-order valence-corrected chi connectivity index (χ0v) is 13.7. The van der Waals surface area contributed by atoms with Gasteiger partial charge in [-0.2, -0.15) is 0 Å². The van der Waals surface area contributed by atoms with Gasteiger partial charge in [-0.3, -0.25) is 0 Å². The van der Waals surface area contributed by atoms with E-state index in [1.807, 2.05) is 45.1 Å².